The van der Waals surface area contributed by atoms with E-state index in [0.717, 1.165) is 19.3 Å². The van der Waals surface area contributed by atoms with Crippen LogP contribution in [0.2, 0.25) is 0 Å². The van der Waals surface area contributed by atoms with E-state index in [2.05, 4.69) is 5.32 Å². The summed E-state index contributed by atoms with van der Waals surface area (Å²) in [5, 5.41) is 12.1. The number of aliphatic hydroxyl groups is 1. The average molecular weight is 185 g/mol. The van der Waals surface area contributed by atoms with E-state index >= 15 is 0 Å². The monoisotopic (exact) mass is 185 g/mol. The summed E-state index contributed by atoms with van der Waals surface area (Å²) in [6, 6.07) is 0.159. The third kappa shape index (κ3) is 2.00. The predicted octanol–water partition coefficient (Wildman–Crippen LogP) is -0.195. The van der Waals surface area contributed by atoms with Crippen molar-refractivity contribution in [3.8, 4) is 0 Å². The lowest BCUT2D eigenvalue weighted by molar-refractivity contribution is -0.145. The average Bonchev–Trinajstić information content (AvgIpc) is 2.31. The zero-order valence-electron chi connectivity index (χ0n) is 7.53. The molecular weight excluding hydrogens is 170 g/mol. The number of aliphatic hydroxyl groups excluding tert-OH is 1. The zero-order chi connectivity index (χ0) is 9.26. The number of ether oxygens (including phenoxy) is 1. The number of carbonyl (C=O) groups is 1. The lowest BCUT2D eigenvalue weighted by Crippen LogP contribution is -2.46. The second-order valence-electron chi connectivity index (χ2n) is 3.82. The van der Waals surface area contributed by atoms with Crippen LogP contribution in [0.15, 0.2) is 0 Å². The molecule has 0 bridgehead atoms. The van der Waals surface area contributed by atoms with E-state index in [1.54, 1.807) is 0 Å². The molecule has 2 rings (SSSR count). The molecule has 1 aliphatic heterocycles. The first kappa shape index (κ1) is 8.97. The van der Waals surface area contributed by atoms with Gasteiger partial charge in [0.25, 0.3) is 0 Å². The van der Waals surface area contributed by atoms with Crippen molar-refractivity contribution in [2.24, 2.45) is 0 Å². The molecule has 0 spiro atoms. The molecule has 74 valence electrons. The summed E-state index contributed by atoms with van der Waals surface area (Å²) >= 11 is 0. The lowest BCUT2D eigenvalue weighted by atomic mass is 10.1. The Bertz CT molecular complexity index is 203. The summed E-state index contributed by atoms with van der Waals surface area (Å²) in [5.41, 5.74) is 0. The normalized spacial score (nSPS) is 38.4. The van der Waals surface area contributed by atoms with Crippen LogP contribution in [-0.2, 0) is 9.53 Å². The van der Waals surface area contributed by atoms with Gasteiger partial charge in [0.1, 0.15) is 6.10 Å². The second-order valence-corrected chi connectivity index (χ2v) is 3.82. The van der Waals surface area contributed by atoms with Crippen molar-refractivity contribution in [1.29, 1.82) is 0 Å². The highest BCUT2D eigenvalue weighted by atomic mass is 16.5. The van der Waals surface area contributed by atoms with Gasteiger partial charge in [-0.1, -0.05) is 0 Å². The smallest absolute Gasteiger partial charge is 0.249 e. The van der Waals surface area contributed by atoms with E-state index < -0.39 is 0 Å². The van der Waals surface area contributed by atoms with Gasteiger partial charge in [0, 0.05) is 12.5 Å². The molecule has 0 radical (unpaired) electrons. The number of amides is 1. The Morgan fingerprint density at radius 1 is 1.38 bits per heavy atom. The molecule has 0 aromatic heterocycles. The first-order valence-electron chi connectivity index (χ1n) is 4.86. The predicted molar refractivity (Wildman–Crippen MR) is 46.1 cm³/mol. The van der Waals surface area contributed by atoms with Crippen molar-refractivity contribution >= 4 is 5.91 Å². The number of carbonyl (C=O) groups excluding carboxylic acids is 1. The maximum atomic E-state index is 11.4. The van der Waals surface area contributed by atoms with Gasteiger partial charge in [-0.3, -0.25) is 4.79 Å². The summed E-state index contributed by atoms with van der Waals surface area (Å²) in [5.74, 6) is -0.00894. The lowest BCUT2D eigenvalue weighted by Gasteiger charge is -2.26. The Balaban J connectivity index is 1.74. The molecule has 1 saturated carbocycles. The SMILES string of the molecule is O=C(N[C@H]1CC[C@@H](O)C1)C1CCO1. The van der Waals surface area contributed by atoms with E-state index in [1.807, 2.05) is 0 Å². The highest BCUT2D eigenvalue weighted by molar-refractivity contribution is 5.81. The molecule has 1 amide bonds. The summed E-state index contributed by atoms with van der Waals surface area (Å²) in [6.45, 7) is 0.700. The van der Waals surface area contributed by atoms with Crippen LogP contribution in [0, 0.1) is 0 Å². The van der Waals surface area contributed by atoms with E-state index in [-0.39, 0.29) is 24.2 Å². The van der Waals surface area contributed by atoms with Gasteiger partial charge >= 0.3 is 0 Å². The molecule has 2 N–H and O–H groups in total. The van der Waals surface area contributed by atoms with Crippen LogP contribution in [0.1, 0.15) is 25.7 Å². The van der Waals surface area contributed by atoms with E-state index in [9.17, 15) is 9.90 Å². The maximum Gasteiger partial charge on any atom is 0.249 e. The third-order valence-electron chi connectivity index (χ3n) is 2.74. The number of nitrogens with one attached hydrogen (secondary N) is 1. The Morgan fingerprint density at radius 2 is 2.15 bits per heavy atom. The molecule has 1 heterocycles. The van der Waals surface area contributed by atoms with Gasteiger partial charge in [0.05, 0.1) is 12.7 Å². The van der Waals surface area contributed by atoms with Crippen LogP contribution in [0.25, 0.3) is 0 Å². The molecule has 2 fully saturated rings. The summed E-state index contributed by atoms with van der Waals surface area (Å²) in [4.78, 5) is 11.4. The van der Waals surface area contributed by atoms with Gasteiger partial charge in [0.2, 0.25) is 5.91 Å². The molecule has 1 saturated heterocycles. The number of hydrogen-bond donors (Lipinski definition) is 2. The van der Waals surface area contributed by atoms with Crippen molar-refractivity contribution < 1.29 is 14.6 Å². The Morgan fingerprint density at radius 3 is 2.62 bits per heavy atom. The highest BCUT2D eigenvalue weighted by Gasteiger charge is 2.30. The standard InChI is InChI=1S/C9H15NO3/c11-7-2-1-6(5-7)10-9(12)8-3-4-13-8/h6-8,11H,1-5H2,(H,10,12)/t6-,7+,8?/m0/s1. The first-order chi connectivity index (χ1) is 6.25. The van der Waals surface area contributed by atoms with Crippen molar-refractivity contribution in [3.63, 3.8) is 0 Å². The van der Waals surface area contributed by atoms with Crippen LogP contribution in [0.4, 0.5) is 0 Å². The number of rotatable bonds is 2. The Labute approximate surface area is 77.3 Å². The quantitative estimate of drug-likeness (QED) is 0.626. The van der Waals surface area contributed by atoms with Gasteiger partial charge in [-0.25, -0.2) is 0 Å². The van der Waals surface area contributed by atoms with Crippen LogP contribution >= 0.6 is 0 Å². The van der Waals surface area contributed by atoms with Gasteiger partial charge < -0.3 is 15.2 Å². The van der Waals surface area contributed by atoms with Crippen LogP contribution in [0.5, 0.6) is 0 Å². The van der Waals surface area contributed by atoms with Crippen molar-refractivity contribution in [3.05, 3.63) is 0 Å². The molecule has 3 atom stereocenters. The van der Waals surface area contributed by atoms with Crippen LogP contribution < -0.4 is 5.32 Å². The topological polar surface area (TPSA) is 58.6 Å². The molecule has 0 aromatic rings. The Hall–Kier alpha value is -0.610. The fraction of sp³-hybridized carbons (Fsp3) is 0.889. The minimum Gasteiger partial charge on any atom is -0.393 e. The molecule has 1 aliphatic carbocycles. The Kier molecular flexibility index (Phi) is 2.51. The summed E-state index contributed by atoms with van der Waals surface area (Å²) in [6.07, 6.45) is 2.76. The summed E-state index contributed by atoms with van der Waals surface area (Å²) < 4.78 is 5.06. The first-order valence-corrected chi connectivity index (χ1v) is 4.86. The van der Waals surface area contributed by atoms with Crippen LogP contribution in [-0.4, -0.2) is 35.9 Å². The molecule has 13 heavy (non-hydrogen) atoms. The molecule has 2 aliphatic rings. The van der Waals surface area contributed by atoms with Gasteiger partial charge in [-0.05, 0) is 19.3 Å². The molecule has 4 heteroatoms. The van der Waals surface area contributed by atoms with Crippen molar-refractivity contribution in [2.45, 2.75) is 43.9 Å². The third-order valence-corrected chi connectivity index (χ3v) is 2.74. The highest BCUT2D eigenvalue weighted by Crippen LogP contribution is 2.20. The fourth-order valence-electron chi connectivity index (χ4n) is 1.83. The molecule has 1 unspecified atom stereocenters. The minimum atomic E-state index is -0.229. The van der Waals surface area contributed by atoms with E-state index in [0.29, 0.717) is 13.0 Å². The number of hydrogen-bond acceptors (Lipinski definition) is 3. The molecular formula is C9H15NO3. The molecule has 0 aromatic carbocycles. The van der Waals surface area contributed by atoms with E-state index in [1.165, 1.54) is 0 Å². The fourth-order valence-corrected chi connectivity index (χ4v) is 1.83. The van der Waals surface area contributed by atoms with Gasteiger partial charge in [-0.15, -0.1) is 0 Å². The second kappa shape index (κ2) is 3.64. The molecule has 4 nitrogen and oxygen atoms in total. The largest absolute Gasteiger partial charge is 0.393 e. The van der Waals surface area contributed by atoms with Crippen LogP contribution in [0.3, 0.4) is 0 Å². The minimum absolute atomic E-state index is 0.00894. The maximum absolute atomic E-state index is 11.4. The van der Waals surface area contributed by atoms with Gasteiger partial charge in [-0.2, -0.15) is 0 Å². The van der Waals surface area contributed by atoms with Crippen molar-refractivity contribution in [1.82, 2.24) is 5.32 Å². The van der Waals surface area contributed by atoms with Crippen molar-refractivity contribution in [2.75, 3.05) is 6.61 Å². The van der Waals surface area contributed by atoms with Gasteiger partial charge in [0.15, 0.2) is 0 Å². The van der Waals surface area contributed by atoms with E-state index in [4.69, 9.17) is 4.74 Å². The summed E-state index contributed by atoms with van der Waals surface area (Å²) in [7, 11) is 0. The zero-order valence-corrected chi connectivity index (χ0v) is 7.53.